The zero-order valence-corrected chi connectivity index (χ0v) is 17.9. The number of aliphatic hydroxyl groups is 1. The molecule has 2 atom stereocenters. The summed E-state index contributed by atoms with van der Waals surface area (Å²) in [4.78, 5) is 10.3. The smallest absolute Gasteiger partial charge is 0.397 e. The largest absolute Gasteiger partial charge is 0.410 e. The number of hydrogen-bond acceptors (Lipinski definition) is 7. The van der Waals surface area contributed by atoms with Crippen LogP contribution in [0.15, 0.2) is 0 Å². The Labute approximate surface area is 149 Å². The van der Waals surface area contributed by atoms with Crippen molar-refractivity contribution < 1.29 is 27.9 Å². The first-order chi connectivity index (χ1) is 11.4. The summed E-state index contributed by atoms with van der Waals surface area (Å²) in [6.07, 6.45) is -0.0141. The summed E-state index contributed by atoms with van der Waals surface area (Å²) in [6.45, 7) is 12.7. The van der Waals surface area contributed by atoms with Crippen LogP contribution in [0.1, 0.15) is 34.6 Å². The Kier molecular flexibility index (Phi) is 14.7. The first-order valence-electron chi connectivity index (χ1n) is 8.94. The summed E-state index contributed by atoms with van der Waals surface area (Å²) in [5, 5.41) is 13.3. The molecule has 9 heteroatoms. The van der Waals surface area contributed by atoms with Crippen LogP contribution in [0.2, 0.25) is 6.04 Å². The second-order valence-corrected chi connectivity index (χ2v) is 9.71. The van der Waals surface area contributed by atoms with Crippen molar-refractivity contribution in [2.45, 2.75) is 46.8 Å². The molecule has 3 N–H and O–H groups in total. The Morgan fingerprint density at radius 1 is 1.00 bits per heavy atom. The minimum absolute atomic E-state index is 0.0605. The van der Waals surface area contributed by atoms with E-state index in [1.807, 2.05) is 27.7 Å². The van der Waals surface area contributed by atoms with E-state index in [0.29, 0.717) is 45.7 Å². The predicted octanol–water partition coefficient (Wildman–Crippen LogP) is 1.69. The van der Waals surface area contributed by atoms with Crippen LogP contribution in [0.25, 0.3) is 0 Å². The molecule has 0 aromatic heterocycles. The van der Waals surface area contributed by atoms with Gasteiger partial charge in [-0.05, 0) is 46.6 Å². The Hall–Kier alpha value is 0.367. The fraction of sp³-hybridized carbons (Fsp3) is 1.00. The molecule has 7 nitrogen and oxygen atoms in total. The summed E-state index contributed by atoms with van der Waals surface area (Å²) in [6, 6.07) is 0.753. The Morgan fingerprint density at radius 2 is 1.54 bits per heavy atom. The molecule has 0 saturated carbocycles. The molecular formula is C15H37NO6PSi+. The lowest BCUT2D eigenvalue weighted by molar-refractivity contribution is 0.123. The van der Waals surface area contributed by atoms with Crippen LogP contribution in [0.4, 0.5) is 0 Å². The van der Waals surface area contributed by atoms with Crippen molar-refractivity contribution in [1.29, 1.82) is 0 Å². The molecule has 0 saturated heterocycles. The summed E-state index contributed by atoms with van der Waals surface area (Å²) >= 11 is 0. The van der Waals surface area contributed by atoms with Gasteiger partial charge in [0.25, 0.3) is 0 Å². The van der Waals surface area contributed by atoms with Gasteiger partial charge in [0.2, 0.25) is 0 Å². The quantitative estimate of drug-likeness (QED) is 0.211. The molecule has 0 spiro atoms. The molecule has 0 aromatic carbocycles. The normalized spacial score (nSPS) is 15.0. The number of nitrogens with one attached hydrogen (secondary N) is 1. The van der Waals surface area contributed by atoms with Crippen molar-refractivity contribution in [1.82, 2.24) is 5.32 Å². The average Bonchev–Trinajstić information content (AvgIpc) is 2.51. The van der Waals surface area contributed by atoms with Crippen molar-refractivity contribution in [3.8, 4) is 0 Å². The molecule has 24 heavy (non-hydrogen) atoms. The first-order valence-corrected chi connectivity index (χ1v) is 12.5. The van der Waals surface area contributed by atoms with Crippen molar-refractivity contribution in [2.24, 2.45) is 5.92 Å². The highest BCUT2D eigenvalue weighted by molar-refractivity contribution is 7.60. The van der Waals surface area contributed by atoms with Gasteiger partial charge in [0.15, 0.2) is 6.16 Å². The second-order valence-electron chi connectivity index (χ2n) is 5.48. The fourth-order valence-electron chi connectivity index (χ4n) is 2.33. The zero-order valence-electron chi connectivity index (χ0n) is 15.9. The van der Waals surface area contributed by atoms with Crippen molar-refractivity contribution >= 4 is 17.2 Å². The van der Waals surface area contributed by atoms with Gasteiger partial charge in [-0.3, -0.25) is 0 Å². The van der Waals surface area contributed by atoms with Crippen molar-refractivity contribution in [3.05, 3.63) is 0 Å². The van der Waals surface area contributed by atoms with E-state index in [0.717, 1.165) is 6.04 Å². The minimum atomic E-state index is -2.77. The zero-order chi connectivity index (χ0) is 18.4. The van der Waals surface area contributed by atoms with E-state index in [-0.39, 0.29) is 5.92 Å². The third-order valence-electron chi connectivity index (χ3n) is 3.52. The van der Waals surface area contributed by atoms with Crippen LogP contribution in [0.3, 0.4) is 0 Å². The van der Waals surface area contributed by atoms with Gasteiger partial charge < -0.3 is 19.3 Å². The van der Waals surface area contributed by atoms with Gasteiger partial charge in [0, 0.05) is 26.3 Å². The monoisotopic (exact) mass is 386 g/mol. The highest BCUT2D eigenvalue weighted by Crippen LogP contribution is 2.56. The Bertz CT molecular complexity index is 289. The average molecular weight is 387 g/mol. The summed E-state index contributed by atoms with van der Waals surface area (Å²) in [5.74, 6) is 0.0605. The van der Waals surface area contributed by atoms with Gasteiger partial charge in [0.1, 0.15) is 0 Å². The maximum atomic E-state index is 10.3. The standard InChI is InChI=1S/C15H37NO6PSi/c1-6-19-23(18,20-7-2)11-10-16-12-15(14(5)17)13-24(21-8-3)22-9-4/h14-18,24H,6-13H2,1-5H3/q+1. The molecule has 0 amide bonds. The van der Waals surface area contributed by atoms with Crippen molar-refractivity contribution in [2.75, 3.05) is 45.7 Å². The maximum absolute atomic E-state index is 10.3. The first kappa shape index (κ1) is 24.4. The second kappa shape index (κ2) is 14.5. The molecule has 0 fully saturated rings. The van der Waals surface area contributed by atoms with Gasteiger partial charge in [-0.2, -0.15) is 13.9 Å². The molecule has 0 aliphatic carbocycles. The maximum Gasteiger partial charge on any atom is 0.410 e. The van der Waals surface area contributed by atoms with Gasteiger partial charge >= 0.3 is 17.2 Å². The van der Waals surface area contributed by atoms with E-state index in [2.05, 4.69) is 5.32 Å². The fourth-order valence-corrected chi connectivity index (χ4v) is 6.08. The molecule has 2 unspecified atom stereocenters. The SMILES string of the molecule is CCO[SiH](CC(CNCC[P+](O)(OCC)OCC)C(C)O)OCC. The lowest BCUT2D eigenvalue weighted by atomic mass is 10.1. The predicted molar refractivity (Wildman–Crippen MR) is 101 cm³/mol. The molecule has 0 aliphatic heterocycles. The molecule has 0 radical (unpaired) electrons. The van der Waals surface area contributed by atoms with Gasteiger partial charge in [0.05, 0.1) is 19.3 Å². The van der Waals surface area contributed by atoms with Crippen LogP contribution < -0.4 is 5.32 Å². The summed E-state index contributed by atoms with van der Waals surface area (Å²) < 4.78 is 22.1. The van der Waals surface area contributed by atoms with E-state index < -0.39 is 23.3 Å². The van der Waals surface area contributed by atoms with E-state index in [1.54, 1.807) is 6.92 Å². The van der Waals surface area contributed by atoms with Gasteiger partial charge in [-0.25, -0.2) is 0 Å². The van der Waals surface area contributed by atoms with Crippen LogP contribution in [0, 0.1) is 5.92 Å². The summed E-state index contributed by atoms with van der Waals surface area (Å²) in [5.41, 5.74) is 0. The lowest BCUT2D eigenvalue weighted by Crippen LogP contribution is -2.37. The van der Waals surface area contributed by atoms with Gasteiger partial charge in [-0.15, -0.1) is 0 Å². The summed E-state index contributed by atoms with van der Waals surface area (Å²) in [7, 11) is -4.51. The van der Waals surface area contributed by atoms with Crippen LogP contribution in [-0.4, -0.2) is 71.1 Å². The minimum Gasteiger partial charge on any atom is -0.397 e. The highest BCUT2D eigenvalue weighted by Gasteiger charge is 2.39. The van der Waals surface area contributed by atoms with E-state index in [1.165, 1.54) is 0 Å². The number of aliphatic hydroxyl groups excluding tert-OH is 1. The molecule has 0 aromatic rings. The molecular weight excluding hydrogens is 349 g/mol. The highest BCUT2D eigenvalue weighted by atomic mass is 31.2. The molecule has 0 aliphatic rings. The third kappa shape index (κ3) is 11.1. The van der Waals surface area contributed by atoms with E-state index >= 15 is 0 Å². The van der Waals surface area contributed by atoms with Crippen molar-refractivity contribution in [3.63, 3.8) is 0 Å². The van der Waals surface area contributed by atoms with Crippen LogP contribution in [0.5, 0.6) is 0 Å². The Morgan fingerprint density at radius 3 is 1.96 bits per heavy atom. The lowest BCUT2D eigenvalue weighted by Gasteiger charge is -2.24. The molecule has 0 rings (SSSR count). The number of hydrogen-bond donors (Lipinski definition) is 3. The number of rotatable bonds is 16. The van der Waals surface area contributed by atoms with E-state index in [4.69, 9.17) is 17.9 Å². The van der Waals surface area contributed by atoms with E-state index in [9.17, 15) is 10.00 Å². The third-order valence-corrected chi connectivity index (χ3v) is 8.03. The van der Waals surface area contributed by atoms with Gasteiger partial charge in [-0.1, -0.05) is 0 Å². The molecule has 146 valence electrons. The topological polar surface area (TPSA) is 89.4 Å². The molecule has 0 heterocycles. The molecule has 0 bridgehead atoms. The van der Waals surface area contributed by atoms with Crippen LogP contribution >= 0.6 is 7.94 Å². The Balaban J connectivity index is 4.33. The van der Waals surface area contributed by atoms with Crippen LogP contribution in [-0.2, 0) is 17.9 Å².